The van der Waals surface area contributed by atoms with Crippen LogP contribution in [-0.4, -0.2) is 40.8 Å². The predicted molar refractivity (Wildman–Crippen MR) is 133 cm³/mol. The molecule has 1 aliphatic rings. The normalized spacial score (nSPS) is 16.9. The molecule has 0 fully saturated rings. The molecule has 0 spiro atoms. The fourth-order valence-corrected chi connectivity index (χ4v) is 4.62. The first kappa shape index (κ1) is 25.0. The molecular formula is C27H33N3O4. The molecule has 2 aromatic rings. The fourth-order valence-electron chi connectivity index (χ4n) is 4.62. The second kappa shape index (κ2) is 9.71. The van der Waals surface area contributed by atoms with Crippen LogP contribution in [0, 0.1) is 5.41 Å². The van der Waals surface area contributed by atoms with E-state index in [0.717, 1.165) is 0 Å². The Hall–Kier alpha value is -3.61. The van der Waals surface area contributed by atoms with Gasteiger partial charge in [-0.25, -0.2) is 0 Å². The lowest BCUT2D eigenvalue weighted by Gasteiger charge is -2.37. The third kappa shape index (κ3) is 5.84. The monoisotopic (exact) mass is 463 g/mol. The molecule has 3 N–H and O–H groups in total. The summed E-state index contributed by atoms with van der Waals surface area (Å²) in [5.74, 6) is -1.54. The summed E-state index contributed by atoms with van der Waals surface area (Å²) in [5.41, 5.74) is -0.0178. The van der Waals surface area contributed by atoms with Gasteiger partial charge < -0.3 is 15.7 Å². The number of Topliss-reactive ketones (excluding diaryl/α,β-unsaturated/α-hetero) is 1. The van der Waals surface area contributed by atoms with Gasteiger partial charge in [0.1, 0.15) is 11.8 Å². The molecule has 0 saturated carbocycles. The molecule has 1 unspecified atom stereocenters. The maximum absolute atomic E-state index is 13.8. The number of aromatic hydroxyl groups is 1. The van der Waals surface area contributed by atoms with Gasteiger partial charge in [0.15, 0.2) is 5.78 Å². The van der Waals surface area contributed by atoms with E-state index in [1.165, 1.54) is 23.2 Å². The van der Waals surface area contributed by atoms with Crippen molar-refractivity contribution in [1.82, 2.24) is 10.6 Å². The van der Waals surface area contributed by atoms with Crippen LogP contribution in [0.5, 0.6) is 5.75 Å². The Bertz CT molecular complexity index is 1100. The van der Waals surface area contributed by atoms with Gasteiger partial charge in [-0.3, -0.25) is 19.3 Å². The third-order valence-corrected chi connectivity index (χ3v) is 5.46. The molecule has 0 saturated heterocycles. The second-order valence-electron chi connectivity index (χ2n) is 10.4. The lowest BCUT2D eigenvalue weighted by molar-refractivity contribution is -0.126. The van der Waals surface area contributed by atoms with Crippen LogP contribution < -0.4 is 15.5 Å². The minimum atomic E-state index is -1.23. The van der Waals surface area contributed by atoms with Crippen LogP contribution in [0.25, 0.3) is 0 Å². The first-order chi connectivity index (χ1) is 15.9. The number of ketones is 1. The fraction of sp³-hybridized carbons (Fsp3) is 0.370. The molecule has 7 heteroatoms. The summed E-state index contributed by atoms with van der Waals surface area (Å²) >= 11 is 0. The van der Waals surface area contributed by atoms with Crippen molar-refractivity contribution in [3.05, 3.63) is 71.9 Å². The number of amides is 2. The van der Waals surface area contributed by atoms with Crippen molar-refractivity contribution in [2.75, 3.05) is 11.4 Å². The van der Waals surface area contributed by atoms with Gasteiger partial charge in [-0.1, -0.05) is 51.1 Å². The molecule has 0 radical (unpaired) electrons. The van der Waals surface area contributed by atoms with Crippen molar-refractivity contribution in [1.29, 1.82) is 0 Å². The molecule has 0 aromatic heterocycles. The minimum absolute atomic E-state index is 0.0545. The zero-order chi connectivity index (χ0) is 25.1. The summed E-state index contributed by atoms with van der Waals surface area (Å²) < 4.78 is 0. The number of phenols is 1. The first-order valence-electron chi connectivity index (χ1n) is 11.3. The third-order valence-electron chi connectivity index (χ3n) is 5.46. The van der Waals surface area contributed by atoms with Crippen molar-refractivity contribution in [2.45, 2.75) is 52.6 Å². The molecule has 2 amide bonds. The number of phenolic OH excluding ortho intramolecular Hbond substituents is 1. The highest BCUT2D eigenvalue weighted by Crippen LogP contribution is 2.30. The topological polar surface area (TPSA) is 98.7 Å². The number of hydrogen-bond acceptors (Lipinski definition) is 5. The number of rotatable bonds is 6. The molecule has 34 heavy (non-hydrogen) atoms. The Kier molecular flexibility index (Phi) is 7.15. The van der Waals surface area contributed by atoms with Gasteiger partial charge in [-0.15, -0.1) is 0 Å². The quantitative estimate of drug-likeness (QED) is 0.566. The Morgan fingerprint density at radius 3 is 2.26 bits per heavy atom. The molecule has 1 heterocycles. The van der Waals surface area contributed by atoms with Gasteiger partial charge in [0, 0.05) is 23.0 Å². The van der Waals surface area contributed by atoms with E-state index < -0.39 is 23.3 Å². The summed E-state index contributed by atoms with van der Waals surface area (Å²) in [6, 6.07) is 13.8. The van der Waals surface area contributed by atoms with E-state index in [1.54, 1.807) is 36.4 Å². The van der Waals surface area contributed by atoms with Gasteiger partial charge >= 0.3 is 0 Å². The molecule has 2 aromatic carbocycles. The van der Waals surface area contributed by atoms with Gasteiger partial charge in [0.25, 0.3) is 0 Å². The number of benzene rings is 2. The predicted octanol–water partition coefficient (Wildman–Crippen LogP) is 3.79. The molecule has 0 bridgehead atoms. The van der Waals surface area contributed by atoms with Gasteiger partial charge in [-0.05, 0) is 49.9 Å². The summed E-state index contributed by atoms with van der Waals surface area (Å²) in [6.07, 6.45) is 2.10. The van der Waals surface area contributed by atoms with Crippen molar-refractivity contribution in [3.63, 3.8) is 0 Å². The molecule has 180 valence electrons. The van der Waals surface area contributed by atoms with Crippen LogP contribution in [0.4, 0.5) is 5.69 Å². The highest BCUT2D eigenvalue weighted by atomic mass is 16.3. The van der Waals surface area contributed by atoms with E-state index in [9.17, 15) is 19.5 Å². The number of nitrogens with zero attached hydrogens (tertiary/aromatic N) is 1. The molecule has 0 aliphatic carbocycles. The van der Waals surface area contributed by atoms with Gasteiger partial charge in [-0.2, -0.15) is 0 Å². The number of para-hydroxylation sites is 2. The van der Waals surface area contributed by atoms with Crippen LogP contribution in [0.1, 0.15) is 51.4 Å². The molecule has 3 rings (SSSR count). The van der Waals surface area contributed by atoms with Crippen LogP contribution in [0.3, 0.4) is 0 Å². The summed E-state index contributed by atoms with van der Waals surface area (Å²) in [4.78, 5) is 41.9. The minimum Gasteiger partial charge on any atom is -0.507 e. The van der Waals surface area contributed by atoms with E-state index in [4.69, 9.17) is 0 Å². The lowest BCUT2D eigenvalue weighted by atomic mass is 9.81. The van der Waals surface area contributed by atoms with E-state index in [1.807, 2.05) is 19.9 Å². The van der Waals surface area contributed by atoms with Gasteiger partial charge in [0.05, 0.1) is 12.1 Å². The maximum Gasteiger partial charge on any atom is 0.248 e. The standard InChI is InChI=1S/C27H33N3O4/c1-26(2,3)17-27(4,5)29-25(34)23-20(24(33)19-13-9-10-14-21(19)31)15-28-16-22(32)30(23)18-11-7-6-8-12-18/h6-15,23,28,31H,16-17H2,1-5H3,(H,29,34). The number of nitrogens with one attached hydrogen (secondary N) is 2. The Morgan fingerprint density at radius 2 is 1.65 bits per heavy atom. The molecule has 1 aliphatic heterocycles. The molecular weight excluding hydrogens is 430 g/mol. The Morgan fingerprint density at radius 1 is 1.03 bits per heavy atom. The Labute approximate surface area is 200 Å². The number of carbonyl (C=O) groups is 3. The zero-order valence-electron chi connectivity index (χ0n) is 20.4. The van der Waals surface area contributed by atoms with Gasteiger partial charge in [0.2, 0.25) is 11.8 Å². The Balaban J connectivity index is 2.10. The van der Waals surface area contributed by atoms with Crippen molar-refractivity contribution < 1.29 is 19.5 Å². The first-order valence-corrected chi connectivity index (χ1v) is 11.3. The van der Waals surface area contributed by atoms with E-state index >= 15 is 0 Å². The number of anilines is 1. The maximum atomic E-state index is 13.8. The summed E-state index contributed by atoms with van der Waals surface area (Å²) in [7, 11) is 0. The SMILES string of the molecule is CC(C)(C)CC(C)(C)NC(=O)C1C(C(=O)c2ccccc2O)=CNCC(=O)N1c1ccccc1. The van der Waals surface area contributed by atoms with Crippen LogP contribution in [0.2, 0.25) is 0 Å². The second-order valence-corrected chi connectivity index (χ2v) is 10.4. The highest BCUT2D eigenvalue weighted by Gasteiger charge is 2.41. The van der Waals surface area contributed by atoms with Crippen molar-refractivity contribution in [3.8, 4) is 5.75 Å². The smallest absolute Gasteiger partial charge is 0.248 e. The summed E-state index contributed by atoms with van der Waals surface area (Å²) in [5, 5.41) is 16.2. The largest absolute Gasteiger partial charge is 0.507 e. The highest BCUT2D eigenvalue weighted by molar-refractivity contribution is 6.17. The lowest BCUT2D eigenvalue weighted by Crippen LogP contribution is -2.57. The van der Waals surface area contributed by atoms with Crippen LogP contribution >= 0.6 is 0 Å². The zero-order valence-corrected chi connectivity index (χ0v) is 20.4. The van der Waals surface area contributed by atoms with E-state index in [2.05, 4.69) is 31.4 Å². The average molecular weight is 464 g/mol. The average Bonchev–Trinajstić information content (AvgIpc) is 2.91. The van der Waals surface area contributed by atoms with E-state index in [-0.39, 0.29) is 34.8 Å². The van der Waals surface area contributed by atoms with Crippen molar-refractivity contribution >= 4 is 23.3 Å². The van der Waals surface area contributed by atoms with Crippen LogP contribution in [0.15, 0.2) is 66.4 Å². The number of hydrogen-bond donors (Lipinski definition) is 3. The molecule has 1 atom stereocenters. The molecule has 7 nitrogen and oxygen atoms in total. The van der Waals surface area contributed by atoms with E-state index in [0.29, 0.717) is 12.1 Å². The van der Waals surface area contributed by atoms with Crippen molar-refractivity contribution in [2.24, 2.45) is 5.41 Å². The van der Waals surface area contributed by atoms with Crippen LogP contribution in [-0.2, 0) is 9.59 Å². The summed E-state index contributed by atoms with van der Waals surface area (Å²) in [6.45, 7) is 10.0. The number of carbonyl (C=O) groups excluding carboxylic acids is 3.